The number of nitrogens with one attached hydrogen (secondary N) is 1. The molecule has 0 aliphatic carbocycles. The Kier molecular flexibility index (Phi) is 9.58. The number of methoxy groups -OCH3 is 1. The summed E-state index contributed by atoms with van der Waals surface area (Å²) in [7, 11) is 1.59. The minimum Gasteiger partial charge on any atom is -0.497 e. The van der Waals surface area contributed by atoms with Crippen LogP contribution in [0.4, 0.5) is 0 Å². The van der Waals surface area contributed by atoms with Crippen LogP contribution < -0.4 is 10.1 Å². The van der Waals surface area contributed by atoms with Gasteiger partial charge in [-0.2, -0.15) is 0 Å². The van der Waals surface area contributed by atoms with Gasteiger partial charge in [0.05, 0.1) is 13.5 Å². The number of amides is 2. The summed E-state index contributed by atoms with van der Waals surface area (Å²) < 4.78 is 5.36. The van der Waals surface area contributed by atoms with E-state index in [0.717, 1.165) is 11.1 Å². The Morgan fingerprint density at radius 1 is 0.914 bits per heavy atom. The molecule has 0 spiro atoms. The molecule has 3 aromatic rings. The highest BCUT2D eigenvalue weighted by Gasteiger charge is 2.31. The first-order chi connectivity index (χ1) is 16.8. The second kappa shape index (κ2) is 12.6. The molecule has 35 heavy (non-hydrogen) atoms. The molecule has 0 radical (unpaired) electrons. The highest BCUT2D eigenvalue weighted by atomic mass is 35.5. The standard InChI is InChI=1S/C28H30Cl2N2O3/c1-19(2)31-28(34)26(16-20-9-5-4-6-10-20)32(18-21-11-7-12-22(15-21)35-3)27(33)17-23-24(29)13-8-14-25(23)30/h4-15,19,26H,16-18H2,1-3H3,(H,31,34)/t26-/m1/s1. The fourth-order valence-corrected chi connectivity index (χ4v) is 4.39. The van der Waals surface area contributed by atoms with Crippen molar-refractivity contribution in [3.05, 3.63) is 99.5 Å². The van der Waals surface area contributed by atoms with Crippen molar-refractivity contribution in [2.45, 2.75) is 45.3 Å². The lowest BCUT2D eigenvalue weighted by Crippen LogP contribution is -2.52. The van der Waals surface area contributed by atoms with Crippen LogP contribution in [0.2, 0.25) is 10.0 Å². The molecule has 0 aliphatic heterocycles. The van der Waals surface area contributed by atoms with Crippen LogP contribution in [-0.2, 0) is 29.0 Å². The van der Waals surface area contributed by atoms with E-state index in [0.29, 0.717) is 27.8 Å². The molecule has 3 aromatic carbocycles. The van der Waals surface area contributed by atoms with Gasteiger partial charge in [-0.05, 0) is 54.8 Å². The maximum absolute atomic E-state index is 13.8. The van der Waals surface area contributed by atoms with Gasteiger partial charge >= 0.3 is 0 Å². The summed E-state index contributed by atoms with van der Waals surface area (Å²) in [5, 5.41) is 3.81. The van der Waals surface area contributed by atoms with Crippen LogP contribution in [0.5, 0.6) is 5.75 Å². The second-order valence-electron chi connectivity index (χ2n) is 8.62. The van der Waals surface area contributed by atoms with Crippen LogP contribution >= 0.6 is 23.2 Å². The number of halogens is 2. The Morgan fingerprint density at radius 3 is 2.17 bits per heavy atom. The topological polar surface area (TPSA) is 58.6 Å². The fourth-order valence-electron chi connectivity index (χ4n) is 3.86. The maximum Gasteiger partial charge on any atom is 0.243 e. The fraction of sp³-hybridized carbons (Fsp3) is 0.286. The van der Waals surface area contributed by atoms with E-state index >= 15 is 0 Å². The molecule has 184 valence electrons. The molecule has 3 rings (SSSR count). The Bertz CT molecular complexity index is 1130. The summed E-state index contributed by atoms with van der Waals surface area (Å²) in [6, 6.07) is 21.5. The van der Waals surface area contributed by atoms with E-state index < -0.39 is 6.04 Å². The highest BCUT2D eigenvalue weighted by Crippen LogP contribution is 2.26. The van der Waals surface area contributed by atoms with Crippen LogP contribution in [0.25, 0.3) is 0 Å². The third kappa shape index (κ3) is 7.48. The van der Waals surface area contributed by atoms with E-state index in [-0.39, 0.29) is 30.8 Å². The summed E-state index contributed by atoms with van der Waals surface area (Å²) >= 11 is 12.7. The third-order valence-corrected chi connectivity index (χ3v) is 6.29. The minimum atomic E-state index is -0.736. The number of benzene rings is 3. The molecule has 7 heteroatoms. The Hall–Kier alpha value is -3.02. The lowest BCUT2D eigenvalue weighted by Gasteiger charge is -2.32. The molecule has 0 aliphatic rings. The van der Waals surface area contributed by atoms with Gasteiger partial charge in [0.15, 0.2) is 0 Å². The number of carbonyl (C=O) groups excluding carboxylic acids is 2. The van der Waals surface area contributed by atoms with Crippen molar-refractivity contribution in [3.63, 3.8) is 0 Å². The zero-order chi connectivity index (χ0) is 25.4. The third-order valence-electron chi connectivity index (χ3n) is 5.58. The van der Waals surface area contributed by atoms with Crippen molar-refractivity contribution in [2.75, 3.05) is 7.11 Å². The predicted molar refractivity (Wildman–Crippen MR) is 141 cm³/mol. The Balaban J connectivity index is 2.02. The first-order valence-corrected chi connectivity index (χ1v) is 12.2. The molecule has 0 saturated heterocycles. The van der Waals surface area contributed by atoms with Crippen molar-refractivity contribution in [1.29, 1.82) is 0 Å². The molecule has 0 fully saturated rings. The zero-order valence-electron chi connectivity index (χ0n) is 20.1. The average Bonchev–Trinajstić information content (AvgIpc) is 2.84. The lowest BCUT2D eigenvalue weighted by molar-refractivity contribution is -0.141. The lowest BCUT2D eigenvalue weighted by atomic mass is 10.0. The molecule has 1 atom stereocenters. The van der Waals surface area contributed by atoms with Crippen molar-refractivity contribution >= 4 is 35.0 Å². The molecule has 0 aromatic heterocycles. The number of carbonyl (C=O) groups is 2. The van der Waals surface area contributed by atoms with E-state index in [1.165, 1.54) is 0 Å². The van der Waals surface area contributed by atoms with Crippen molar-refractivity contribution < 1.29 is 14.3 Å². The average molecular weight is 513 g/mol. The van der Waals surface area contributed by atoms with Gasteiger partial charge in [0.25, 0.3) is 0 Å². The maximum atomic E-state index is 13.8. The quantitative estimate of drug-likeness (QED) is 0.378. The Morgan fingerprint density at radius 2 is 1.54 bits per heavy atom. The molecule has 1 N–H and O–H groups in total. The van der Waals surface area contributed by atoms with E-state index in [4.69, 9.17) is 27.9 Å². The van der Waals surface area contributed by atoms with E-state index in [1.807, 2.05) is 68.4 Å². The normalized spacial score (nSPS) is 11.7. The van der Waals surface area contributed by atoms with E-state index in [2.05, 4.69) is 5.32 Å². The van der Waals surface area contributed by atoms with Crippen molar-refractivity contribution in [1.82, 2.24) is 10.2 Å². The van der Waals surface area contributed by atoms with Gasteiger partial charge in [0, 0.05) is 29.1 Å². The van der Waals surface area contributed by atoms with Crippen molar-refractivity contribution in [2.24, 2.45) is 0 Å². The molecule has 0 heterocycles. The van der Waals surface area contributed by atoms with Crippen molar-refractivity contribution in [3.8, 4) is 5.75 Å². The summed E-state index contributed by atoms with van der Waals surface area (Å²) in [4.78, 5) is 28.8. The minimum absolute atomic E-state index is 0.0251. The number of rotatable bonds is 10. The zero-order valence-corrected chi connectivity index (χ0v) is 21.6. The molecule has 0 saturated carbocycles. The van der Waals surface area contributed by atoms with Gasteiger partial charge < -0.3 is 15.0 Å². The van der Waals surface area contributed by atoms with Crippen LogP contribution in [0.15, 0.2) is 72.8 Å². The summed E-state index contributed by atoms with van der Waals surface area (Å²) in [6.45, 7) is 4.02. The van der Waals surface area contributed by atoms with Gasteiger partial charge in [-0.15, -0.1) is 0 Å². The number of hydrogen-bond acceptors (Lipinski definition) is 3. The number of nitrogens with zero attached hydrogens (tertiary/aromatic N) is 1. The highest BCUT2D eigenvalue weighted by molar-refractivity contribution is 6.36. The van der Waals surface area contributed by atoms with Gasteiger partial charge in [0.1, 0.15) is 11.8 Å². The Labute approximate surface area is 217 Å². The largest absolute Gasteiger partial charge is 0.497 e. The second-order valence-corrected chi connectivity index (χ2v) is 9.43. The van der Waals surface area contributed by atoms with E-state index in [9.17, 15) is 9.59 Å². The first kappa shape index (κ1) is 26.6. The predicted octanol–water partition coefficient (Wildman–Crippen LogP) is 5.71. The molecule has 2 amide bonds. The smallest absolute Gasteiger partial charge is 0.243 e. The first-order valence-electron chi connectivity index (χ1n) is 11.5. The monoisotopic (exact) mass is 512 g/mol. The number of hydrogen-bond donors (Lipinski definition) is 1. The molecular weight excluding hydrogens is 483 g/mol. The molecule has 5 nitrogen and oxygen atoms in total. The van der Waals surface area contributed by atoms with Gasteiger partial charge in [0.2, 0.25) is 11.8 Å². The molecular formula is C28H30Cl2N2O3. The van der Waals surface area contributed by atoms with Gasteiger partial charge in [-0.25, -0.2) is 0 Å². The SMILES string of the molecule is COc1cccc(CN(C(=O)Cc2c(Cl)cccc2Cl)[C@H](Cc2ccccc2)C(=O)NC(C)C)c1. The van der Waals surface area contributed by atoms with Gasteiger partial charge in [-0.1, -0.05) is 71.7 Å². The molecule has 0 unspecified atom stereocenters. The van der Waals surface area contributed by atoms with E-state index in [1.54, 1.807) is 30.2 Å². The summed E-state index contributed by atoms with van der Waals surface area (Å²) in [6.07, 6.45) is 0.341. The summed E-state index contributed by atoms with van der Waals surface area (Å²) in [5.74, 6) is 0.211. The van der Waals surface area contributed by atoms with Crippen LogP contribution in [0, 0.1) is 0 Å². The number of ether oxygens (including phenoxy) is 1. The van der Waals surface area contributed by atoms with Crippen LogP contribution in [-0.4, -0.2) is 35.9 Å². The summed E-state index contributed by atoms with van der Waals surface area (Å²) in [5.41, 5.74) is 2.34. The van der Waals surface area contributed by atoms with Gasteiger partial charge in [-0.3, -0.25) is 9.59 Å². The van der Waals surface area contributed by atoms with Crippen LogP contribution in [0.3, 0.4) is 0 Å². The molecule has 0 bridgehead atoms. The van der Waals surface area contributed by atoms with Crippen LogP contribution in [0.1, 0.15) is 30.5 Å².